The lowest BCUT2D eigenvalue weighted by atomic mass is 9.92. The van der Waals surface area contributed by atoms with Gasteiger partial charge in [-0.3, -0.25) is 4.79 Å². The predicted octanol–water partition coefficient (Wildman–Crippen LogP) is 1.66. The Morgan fingerprint density at radius 1 is 1.36 bits per heavy atom. The van der Waals surface area contributed by atoms with Crippen molar-refractivity contribution >= 4 is 5.97 Å². The first-order valence-corrected chi connectivity index (χ1v) is 4.13. The van der Waals surface area contributed by atoms with E-state index >= 15 is 0 Å². The van der Waals surface area contributed by atoms with Crippen LogP contribution in [0.5, 0.6) is 0 Å². The minimum atomic E-state index is -4.88. The number of alkyl halides is 3. The van der Waals surface area contributed by atoms with Crippen molar-refractivity contribution in [1.29, 1.82) is 0 Å². The Labute approximate surface area is 79.5 Å². The van der Waals surface area contributed by atoms with Crippen LogP contribution in [0, 0.1) is 11.8 Å². The topological polar surface area (TPSA) is 57.5 Å². The lowest BCUT2D eigenvalue weighted by Gasteiger charge is -2.22. The quantitative estimate of drug-likeness (QED) is 0.748. The molecule has 3 nitrogen and oxygen atoms in total. The number of hydrogen-bond donors (Lipinski definition) is 2. The van der Waals surface area contributed by atoms with E-state index in [-0.39, 0.29) is 12.3 Å². The summed E-state index contributed by atoms with van der Waals surface area (Å²) in [5.74, 6) is -3.62. The molecular weight excluding hydrogens is 201 g/mol. The van der Waals surface area contributed by atoms with Gasteiger partial charge in [-0.15, -0.1) is 0 Å². The van der Waals surface area contributed by atoms with Crippen LogP contribution < -0.4 is 0 Å². The van der Waals surface area contributed by atoms with Gasteiger partial charge in [-0.2, -0.15) is 13.2 Å². The Morgan fingerprint density at radius 2 is 1.79 bits per heavy atom. The van der Waals surface area contributed by atoms with Crippen molar-refractivity contribution in [3.05, 3.63) is 0 Å². The number of carboxylic acids is 1. The second kappa shape index (κ2) is 4.63. The van der Waals surface area contributed by atoms with Crippen molar-refractivity contribution in [3.8, 4) is 0 Å². The molecule has 0 aliphatic carbocycles. The van der Waals surface area contributed by atoms with Crippen molar-refractivity contribution in [2.24, 2.45) is 11.8 Å². The van der Waals surface area contributed by atoms with Crippen molar-refractivity contribution in [2.45, 2.75) is 32.5 Å². The number of aliphatic hydroxyl groups excluding tert-OH is 1. The van der Waals surface area contributed by atoms with Crippen molar-refractivity contribution in [2.75, 3.05) is 0 Å². The van der Waals surface area contributed by atoms with Crippen LogP contribution in [0.3, 0.4) is 0 Å². The molecule has 84 valence electrons. The van der Waals surface area contributed by atoms with E-state index in [1.54, 1.807) is 13.8 Å². The maximum atomic E-state index is 12.0. The fourth-order valence-electron chi connectivity index (χ4n) is 1.10. The third-order valence-corrected chi connectivity index (χ3v) is 1.76. The van der Waals surface area contributed by atoms with E-state index in [0.717, 1.165) is 0 Å². The monoisotopic (exact) mass is 214 g/mol. The lowest BCUT2D eigenvalue weighted by Crippen LogP contribution is -2.40. The number of aliphatic carboxylic acids is 1. The average Bonchev–Trinajstić information content (AvgIpc) is 1.96. The van der Waals surface area contributed by atoms with E-state index in [1.807, 2.05) is 0 Å². The van der Waals surface area contributed by atoms with Gasteiger partial charge in [-0.1, -0.05) is 13.8 Å². The Bertz CT molecular complexity index is 200. The maximum absolute atomic E-state index is 12.0. The van der Waals surface area contributed by atoms with Crippen LogP contribution in [0.1, 0.15) is 20.3 Å². The molecule has 0 aromatic heterocycles. The molecule has 0 rings (SSSR count). The first-order chi connectivity index (χ1) is 6.16. The van der Waals surface area contributed by atoms with Crippen LogP contribution in [0.25, 0.3) is 0 Å². The number of carboxylic acid groups (broad SMARTS) is 1. The molecule has 0 radical (unpaired) electrons. The molecule has 0 unspecified atom stereocenters. The molecule has 0 heterocycles. The highest BCUT2D eigenvalue weighted by Crippen LogP contribution is 2.29. The van der Waals surface area contributed by atoms with Gasteiger partial charge in [0.1, 0.15) is 0 Å². The van der Waals surface area contributed by atoms with Gasteiger partial charge in [0.25, 0.3) is 0 Å². The Balaban J connectivity index is 4.58. The van der Waals surface area contributed by atoms with E-state index in [4.69, 9.17) is 10.2 Å². The standard InChI is InChI=1S/C8H13F3O3/c1-4(2)3-5(7(13)14)6(12)8(9,10)11/h4-6,12H,3H2,1-2H3,(H,13,14)/t5-,6+/m1/s1. The summed E-state index contributed by atoms with van der Waals surface area (Å²) in [7, 11) is 0. The molecule has 0 aliphatic rings. The molecule has 0 aliphatic heterocycles. The van der Waals surface area contributed by atoms with Gasteiger partial charge in [0, 0.05) is 0 Å². The minimum absolute atomic E-state index is 0.198. The SMILES string of the molecule is CC(C)C[C@@H](C(=O)O)[C@H](O)C(F)(F)F. The van der Waals surface area contributed by atoms with Gasteiger partial charge < -0.3 is 10.2 Å². The zero-order valence-electron chi connectivity index (χ0n) is 7.88. The van der Waals surface area contributed by atoms with Gasteiger partial charge in [-0.25, -0.2) is 0 Å². The minimum Gasteiger partial charge on any atom is -0.481 e. The highest BCUT2D eigenvalue weighted by Gasteiger charge is 2.46. The van der Waals surface area contributed by atoms with Crippen LogP contribution in [0.4, 0.5) is 13.2 Å². The molecule has 0 amide bonds. The van der Waals surface area contributed by atoms with Gasteiger partial charge >= 0.3 is 12.1 Å². The number of hydrogen-bond acceptors (Lipinski definition) is 2. The summed E-state index contributed by atoms with van der Waals surface area (Å²) in [4.78, 5) is 10.5. The Morgan fingerprint density at radius 3 is 2.00 bits per heavy atom. The van der Waals surface area contributed by atoms with Gasteiger partial charge in [0.2, 0.25) is 0 Å². The molecule has 2 atom stereocenters. The molecule has 0 saturated carbocycles. The van der Waals surface area contributed by atoms with Crippen LogP contribution in [-0.4, -0.2) is 28.5 Å². The molecule has 0 spiro atoms. The molecule has 14 heavy (non-hydrogen) atoms. The fourth-order valence-corrected chi connectivity index (χ4v) is 1.10. The molecule has 0 aromatic carbocycles. The highest BCUT2D eigenvalue weighted by atomic mass is 19.4. The molecule has 0 saturated heterocycles. The number of halogens is 3. The van der Waals surface area contributed by atoms with Crippen molar-refractivity contribution in [3.63, 3.8) is 0 Å². The first kappa shape index (κ1) is 13.2. The van der Waals surface area contributed by atoms with E-state index in [9.17, 15) is 18.0 Å². The van der Waals surface area contributed by atoms with Crippen LogP contribution >= 0.6 is 0 Å². The summed E-state index contributed by atoms with van der Waals surface area (Å²) in [6.45, 7) is 3.19. The zero-order valence-corrected chi connectivity index (χ0v) is 7.88. The Hall–Kier alpha value is -0.780. The number of carbonyl (C=O) groups is 1. The summed E-state index contributed by atoms with van der Waals surface area (Å²) in [6.07, 6.45) is -7.86. The highest BCUT2D eigenvalue weighted by molar-refractivity contribution is 5.70. The van der Waals surface area contributed by atoms with E-state index in [1.165, 1.54) is 0 Å². The van der Waals surface area contributed by atoms with Crippen molar-refractivity contribution < 1.29 is 28.2 Å². The van der Waals surface area contributed by atoms with E-state index in [0.29, 0.717) is 0 Å². The maximum Gasteiger partial charge on any atom is 0.415 e. The molecule has 0 fully saturated rings. The summed E-state index contributed by atoms with van der Waals surface area (Å²) < 4.78 is 36.0. The van der Waals surface area contributed by atoms with Crippen molar-refractivity contribution in [1.82, 2.24) is 0 Å². The average molecular weight is 214 g/mol. The second-order valence-electron chi connectivity index (χ2n) is 3.56. The molecule has 0 aromatic rings. The molecule has 2 N–H and O–H groups in total. The summed E-state index contributed by atoms with van der Waals surface area (Å²) >= 11 is 0. The summed E-state index contributed by atoms with van der Waals surface area (Å²) in [5, 5.41) is 17.3. The zero-order chi connectivity index (χ0) is 11.5. The third-order valence-electron chi connectivity index (χ3n) is 1.76. The van der Waals surface area contributed by atoms with E-state index in [2.05, 4.69) is 0 Å². The van der Waals surface area contributed by atoms with Gasteiger partial charge in [0.15, 0.2) is 6.10 Å². The van der Waals surface area contributed by atoms with Gasteiger partial charge in [0.05, 0.1) is 5.92 Å². The molecule has 0 bridgehead atoms. The largest absolute Gasteiger partial charge is 0.481 e. The van der Waals surface area contributed by atoms with Crippen LogP contribution in [0.15, 0.2) is 0 Å². The summed E-state index contributed by atoms with van der Waals surface area (Å²) in [5.41, 5.74) is 0. The normalized spacial score (nSPS) is 16.8. The van der Waals surface area contributed by atoms with Crippen LogP contribution in [-0.2, 0) is 4.79 Å². The molecular formula is C8H13F3O3. The smallest absolute Gasteiger partial charge is 0.415 e. The van der Waals surface area contributed by atoms with Gasteiger partial charge in [-0.05, 0) is 12.3 Å². The fraction of sp³-hybridized carbons (Fsp3) is 0.875. The lowest BCUT2D eigenvalue weighted by molar-refractivity contribution is -0.224. The predicted molar refractivity (Wildman–Crippen MR) is 42.6 cm³/mol. The third kappa shape index (κ3) is 3.95. The number of aliphatic hydroxyl groups is 1. The van der Waals surface area contributed by atoms with E-state index < -0.39 is 24.2 Å². The number of rotatable bonds is 4. The Kier molecular flexibility index (Phi) is 4.38. The van der Waals surface area contributed by atoms with Crippen LogP contribution in [0.2, 0.25) is 0 Å². The summed E-state index contributed by atoms with van der Waals surface area (Å²) in [6, 6.07) is 0. The first-order valence-electron chi connectivity index (χ1n) is 4.13. The second-order valence-corrected chi connectivity index (χ2v) is 3.56. The molecule has 6 heteroatoms.